The molecule has 1 aliphatic heterocycles. The van der Waals surface area contributed by atoms with Gasteiger partial charge in [-0.25, -0.2) is 17.6 Å². The fourth-order valence-corrected chi connectivity index (χ4v) is 2.92. The van der Waals surface area contributed by atoms with Crippen LogP contribution in [0.4, 0.5) is 23.2 Å². The standard InChI is InChI=1S/C18H12F4N2O3/c1-7(9-3-5-10(6-4-9)23-8(2)25)24-17(26)11-12(18(24)27)14(20)16(22)15(21)13(11)19/h3-7H,1-2H3,(H,23,25)/t7-/m1/s1. The highest BCUT2D eigenvalue weighted by Gasteiger charge is 2.45. The van der Waals surface area contributed by atoms with E-state index in [4.69, 9.17) is 0 Å². The molecule has 0 bridgehead atoms. The zero-order valence-corrected chi connectivity index (χ0v) is 14.1. The van der Waals surface area contributed by atoms with Gasteiger partial charge in [0.05, 0.1) is 17.2 Å². The van der Waals surface area contributed by atoms with E-state index in [1.54, 1.807) is 0 Å². The molecule has 0 saturated carbocycles. The molecule has 5 nitrogen and oxygen atoms in total. The Kier molecular flexibility index (Phi) is 4.46. The van der Waals surface area contributed by atoms with E-state index >= 15 is 0 Å². The minimum Gasteiger partial charge on any atom is -0.326 e. The van der Waals surface area contributed by atoms with Gasteiger partial charge in [0.25, 0.3) is 11.8 Å². The number of halogens is 4. The van der Waals surface area contributed by atoms with Crippen LogP contribution in [0.15, 0.2) is 24.3 Å². The molecule has 3 rings (SSSR count). The third-order valence-corrected chi connectivity index (χ3v) is 4.23. The summed E-state index contributed by atoms with van der Waals surface area (Å²) in [4.78, 5) is 36.4. The van der Waals surface area contributed by atoms with Crippen LogP contribution in [0.2, 0.25) is 0 Å². The lowest BCUT2D eigenvalue weighted by atomic mass is 10.1. The Labute approximate surface area is 150 Å². The first-order valence-corrected chi connectivity index (χ1v) is 7.76. The number of fused-ring (bicyclic) bond motifs is 1. The monoisotopic (exact) mass is 380 g/mol. The van der Waals surface area contributed by atoms with E-state index in [0.29, 0.717) is 16.2 Å². The van der Waals surface area contributed by atoms with Crippen LogP contribution in [-0.4, -0.2) is 22.6 Å². The van der Waals surface area contributed by atoms with Crippen LogP contribution < -0.4 is 5.32 Å². The average molecular weight is 380 g/mol. The van der Waals surface area contributed by atoms with Gasteiger partial charge in [-0.15, -0.1) is 0 Å². The molecule has 0 fully saturated rings. The summed E-state index contributed by atoms with van der Waals surface area (Å²) in [5, 5.41) is 2.53. The smallest absolute Gasteiger partial charge is 0.265 e. The molecule has 9 heteroatoms. The van der Waals surface area contributed by atoms with Crippen molar-refractivity contribution >= 4 is 23.4 Å². The van der Waals surface area contributed by atoms with Gasteiger partial charge >= 0.3 is 0 Å². The molecule has 2 aromatic carbocycles. The van der Waals surface area contributed by atoms with Crippen LogP contribution in [0.3, 0.4) is 0 Å². The molecule has 3 amide bonds. The topological polar surface area (TPSA) is 66.5 Å². The molecule has 27 heavy (non-hydrogen) atoms. The van der Waals surface area contributed by atoms with Gasteiger partial charge in [-0.05, 0) is 24.6 Å². The normalized spacial score (nSPS) is 14.4. The van der Waals surface area contributed by atoms with Gasteiger partial charge in [0.2, 0.25) is 5.91 Å². The van der Waals surface area contributed by atoms with Crippen molar-refractivity contribution < 1.29 is 31.9 Å². The van der Waals surface area contributed by atoms with Crippen molar-refractivity contribution in [2.75, 3.05) is 5.32 Å². The van der Waals surface area contributed by atoms with Crippen molar-refractivity contribution in [2.45, 2.75) is 19.9 Å². The number of carbonyl (C=O) groups is 3. The number of carbonyl (C=O) groups excluding carboxylic acids is 3. The van der Waals surface area contributed by atoms with Crippen LogP contribution in [-0.2, 0) is 4.79 Å². The SMILES string of the molecule is CC(=O)Nc1ccc([C@@H](C)N2C(=O)c3c(F)c(F)c(F)c(F)c3C2=O)cc1. The molecule has 0 spiro atoms. The highest BCUT2D eigenvalue weighted by atomic mass is 19.2. The van der Waals surface area contributed by atoms with Crippen LogP contribution in [0.25, 0.3) is 0 Å². The number of amides is 3. The van der Waals surface area contributed by atoms with Crippen LogP contribution in [0.1, 0.15) is 46.2 Å². The van der Waals surface area contributed by atoms with Crippen molar-refractivity contribution in [2.24, 2.45) is 0 Å². The predicted octanol–water partition coefficient (Wildman–Crippen LogP) is 3.56. The highest BCUT2D eigenvalue weighted by Crippen LogP contribution is 2.36. The molecule has 0 unspecified atom stereocenters. The lowest BCUT2D eigenvalue weighted by Crippen LogP contribution is -2.32. The molecular weight excluding hydrogens is 368 g/mol. The van der Waals surface area contributed by atoms with E-state index in [0.717, 1.165) is 0 Å². The summed E-state index contributed by atoms with van der Waals surface area (Å²) in [6.45, 7) is 2.73. The Hall–Kier alpha value is -3.23. The molecule has 2 aromatic rings. The molecule has 0 aliphatic carbocycles. The Balaban J connectivity index is 2.00. The second-order valence-electron chi connectivity index (χ2n) is 5.97. The molecule has 1 atom stereocenters. The van der Waals surface area contributed by atoms with Gasteiger partial charge in [-0.3, -0.25) is 19.3 Å². The van der Waals surface area contributed by atoms with Gasteiger partial charge in [-0.1, -0.05) is 12.1 Å². The molecule has 1 heterocycles. The molecule has 0 radical (unpaired) electrons. The van der Waals surface area contributed by atoms with Crippen molar-refractivity contribution in [3.63, 3.8) is 0 Å². The van der Waals surface area contributed by atoms with Crippen LogP contribution in [0, 0.1) is 23.3 Å². The van der Waals surface area contributed by atoms with Gasteiger partial charge in [0.1, 0.15) is 0 Å². The quantitative estimate of drug-likeness (QED) is 0.383. The average Bonchev–Trinajstić information content (AvgIpc) is 2.88. The van der Waals surface area contributed by atoms with E-state index in [1.807, 2.05) is 0 Å². The summed E-state index contributed by atoms with van der Waals surface area (Å²) >= 11 is 0. The number of hydrogen-bond acceptors (Lipinski definition) is 3. The molecule has 0 saturated heterocycles. The number of hydrogen-bond donors (Lipinski definition) is 1. The molecule has 140 valence electrons. The van der Waals surface area contributed by atoms with E-state index in [-0.39, 0.29) is 5.91 Å². The first-order valence-electron chi connectivity index (χ1n) is 7.76. The lowest BCUT2D eigenvalue weighted by Gasteiger charge is -2.23. The summed E-state index contributed by atoms with van der Waals surface area (Å²) in [5.41, 5.74) is -1.39. The van der Waals surface area contributed by atoms with Gasteiger partial charge in [0.15, 0.2) is 23.3 Å². The minimum atomic E-state index is -2.15. The maximum absolute atomic E-state index is 14.0. The van der Waals surface area contributed by atoms with Gasteiger partial charge < -0.3 is 5.32 Å². The Bertz CT molecular complexity index is 942. The number of nitrogens with one attached hydrogen (secondary N) is 1. The zero-order valence-electron chi connectivity index (χ0n) is 14.1. The first kappa shape index (κ1) is 18.6. The summed E-state index contributed by atoms with van der Waals surface area (Å²) < 4.78 is 54.8. The second-order valence-corrected chi connectivity index (χ2v) is 5.97. The molecule has 0 aromatic heterocycles. The number of rotatable bonds is 3. The third kappa shape index (κ3) is 2.84. The van der Waals surface area contributed by atoms with Gasteiger partial charge in [0, 0.05) is 12.6 Å². The fourth-order valence-electron chi connectivity index (χ4n) is 2.92. The largest absolute Gasteiger partial charge is 0.326 e. The summed E-state index contributed by atoms with van der Waals surface area (Å²) in [7, 11) is 0. The fraction of sp³-hybridized carbons (Fsp3) is 0.167. The van der Waals surface area contributed by atoms with Crippen LogP contribution in [0.5, 0.6) is 0 Å². The van der Waals surface area contributed by atoms with Crippen LogP contribution >= 0.6 is 0 Å². The Morgan fingerprint density at radius 1 is 0.889 bits per heavy atom. The van der Waals surface area contributed by atoms with E-state index < -0.39 is 52.3 Å². The van der Waals surface area contributed by atoms with Crippen molar-refractivity contribution in [3.8, 4) is 0 Å². The highest BCUT2D eigenvalue weighted by molar-refractivity contribution is 6.21. The number of anilines is 1. The summed E-state index contributed by atoms with van der Waals surface area (Å²) in [6.07, 6.45) is 0. The molecular formula is C18H12F4N2O3. The number of benzene rings is 2. The number of imide groups is 1. The maximum atomic E-state index is 14.0. The second kappa shape index (κ2) is 6.49. The van der Waals surface area contributed by atoms with E-state index in [9.17, 15) is 31.9 Å². The van der Waals surface area contributed by atoms with E-state index in [1.165, 1.54) is 38.1 Å². The zero-order chi connectivity index (χ0) is 20.0. The minimum absolute atomic E-state index is 0.300. The predicted molar refractivity (Wildman–Crippen MR) is 85.9 cm³/mol. The van der Waals surface area contributed by atoms with Crippen molar-refractivity contribution in [1.29, 1.82) is 0 Å². The van der Waals surface area contributed by atoms with Crippen molar-refractivity contribution in [1.82, 2.24) is 4.90 Å². The first-order chi connectivity index (χ1) is 12.6. The summed E-state index contributed by atoms with van der Waals surface area (Å²) in [5.74, 6) is -10.9. The van der Waals surface area contributed by atoms with Gasteiger partial charge in [-0.2, -0.15) is 0 Å². The Morgan fingerprint density at radius 2 is 1.33 bits per heavy atom. The lowest BCUT2D eigenvalue weighted by molar-refractivity contribution is -0.114. The number of nitrogens with zero attached hydrogens (tertiary/aromatic N) is 1. The maximum Gasteiger partial charge on any atom is 0.265 e. The third-order valence-electron chi connectivity index (χ3n) is 4.23. The Morgan fingerprint density at radius 3 is 1.74 bits per heavy atom. The van der Waals surface area contributed by atoms with E-state index in [2.05, 4.69) is 5.32 Å². The molecule has 1 aliphatic rings. The summed E-state index contributed by atoms with van der Waals surface area (Å²) in [6, 6.07) is 5.02. The molecule has 1 N–H and O–H groups in total. The van der Waals surface area contributed by atoms with Crippen molar-refractivity contribution in [3.05, 3.63) is 64.2 Å².